The number of aromatic amines is 1. The number of nitrogens with one attached hydrogen (secondary N) is 2. The fourth-order valence-electron chi connectivity index (χ4n) is 1.80. The predicted molar refractivity (Wildman–Crippen MR) is 72.4 cm³/mol. The molecule has 3 rings (SSSR count). The highest BCUT2D eigenvalue weighted by molar-refractivity contribution is 5.93. The van der Waals surface area contributed by atoms with Crippen LogP contribution >= 0.6 is 0 Å². The highest BCUT2D eigenvalue weighted by Gasteiger charge is 2.12. The van der Waals surface area contributed by atoms with Gasteiger partial charge in [-0.3, -0.25) is 9.59 Å². The quantitative estimate of drug-likeness (QED) is 0.757. The lowest BCUT2D eigenvalue weighted by Gasteiger charge is -2.01. The smallest absolute Gasteiger partial charge is 0.260 e. The first kappa shape index (κ1) is 12.9. The summed E-state index contributed by atoms with van der Waals surface area (Å²) in [4.78, 5) is 25.8. The summed E-state index contributed by atoms with van der Waals surface area (Å²) in [5, 5.41) is 6.43. The van der Waals surface area contributed by atoms with Crippen LogP contribution < -0.4 is 10.9 Å². The minimum absolute atomic E-state index is 0.0484. The first-order valence-corrected chi connectivity index (χ1v) is 6.19. The summed E-state index contributed by atoms with van der Waals surface area (Å²) >= 11 is 0. The van der Waals surface area contributed by atoms with Gasteiger partial charge < -0.3 is 19.2 Å². The Morgan fingerprint density at radius 2 is 2.19 bits per heavy atom. The number of carbonyl (C=O) groups is 1. The minimum Gasteiger partial charge on any atom is -0.461 e. The van der Waals surface area contributed by atoms with E-state index in [9.17, 15) is 9.59 Å². The average molecular weight is 285 g/mol. The number of rotatable bonds is 4. The molecule has 7 nitrogen and oxygen atoms in total. The van der Waals surface area contributed by atoms with Crippen molar-refractivity contribution in [1.82, 2.24) is 15.5 Å². The van der Waals surface area contributed by atoms with Gasteiger partial charge in [0.1, 0.15) is 11.3 Å². The van der Waals surface area contributed by atoms with Gasteiger partial charge in [0.05, 0.1) is 12.8 Å². The van der Waals surface area contributed by atoms with Crippen LogP contribution in [-0.4, -0.2) is 16.0 Å². The van der Waals surface area contributed by atoms with E-state index in [1.807, 2.05) is 0 Å². The zero-order chi connectivity index (χ0) is 14.7. The molecule has 0 spiro atoms. The molecule has 0 saturated carbocycles. The summed E-state index contributed by atoms with van der Waals surface area (Å²) in [7, 11) is 0. The molecule has 0 saturated heterocycles. The van der Waals surface area contributed by atoms with Crippen LogP contribution in [0.4, 0.5) is 0 Å². The largest absolute Gasteiger partial charge is 0.461 e. The Morgan fingerprint density at radius 1 is 1.29 bits per heavy atom. The standard InChI is InChI=1S/C14H11N3O4/c18-13-10(3-1-5-15-13)14(19)16-8-9-7-12(21-17-9)11-4-2-6-20-11/h1-7H,8H2,(H,15,18)(H,16,19). The number of amides is 1. The molecule has 21 heavy (non-hydrogen) atoms. The van der Waals surface area contributed by atoms with Gasteiger partial charge in [0, 0.05) is 12.3 Å². The second kappa shape index (κ2) is 5.49. The van der Waals surface area contributed by atoms with Crippen molar-refractivity contribution in [3.05, 3.63) is 64.4 Å². The second-order valence-corrected chi connectivity index (χ2v) is 4.26. The van der Waals surface area contributed by atoms with Crippen LogP contribution in [0.25, 0.3) is 11.5 Å². The molecule has 106 valence electrons. The Labute approximate surface area is 118 Å². The van der Waals surface area contributed by atoms with Crippen LogP contribution in [0.3, 0.4) is 0 Å². The van der Waals surface area contributed by atoms with Crippen LogP contribution in [0.1, 0.15) is 16.1 Å². The van der Waals surface area contributed by atoms with E-state index in [1.165, 1.54) is 18.5 Å². The highest BCUT2D eigenvalue weighted by atomic mass is 16.5. The van der Waals surface area contributed by atoms with Crippen molar-refractivity contribution in [2.45, 2.75) is 6.54 Å². The molecule has 2 N–H and O–H groups in total. The van der Waals surface area contributed by atoms with E-state index in [2.05, 4.69) is 15.5 Å². The second-order valence-electron chi connectivity index (χ2n) is 4.26. The summed E-state index contributed by atoms with van der Waals surface area (Å²) in [6.45, 7) is 0.150. The van der Waals surface area contributed by atoms with Gasteiger partial charge >= 0.3 is 0 Å². The lowest BCUT2D eigenvalue weighted by molar-refractivity contribution is 0.0948. The molecule has 0 aliphatic carbocycles. The molecule has 1 amide bonds. The molecule has 0 aliphatic heterocycles. The van der Waals surface area contributed by atoms with Gasteiger partial charge in [0.15, 0.2) is 5.76 Å². The highest BCUT2D eigenvalue weighted by Crippen LogP contribution is 2.20. The van der Waals surface area contributed by atoms with Crippen molar-refractivity contribution < 1.29 is 13.7 Å². The lowest BCUT2D eigenvalue weighted by Crippen LogP contribution is -2.28. The van der Waals surface area contributed by atoms with Gasteiger partial charge in [-0.1, -0.05) is 5.16 Å². The number of hydrogen-bond donors (Lipinski definition) is 2. The number of furan rings is 1. The molecule has 0 radical (unpaired) electrons. The molecule has 3 heterocycles. The Kier molecular flexibility index (Phi) is 3.38. The molecule has 0 fully saturated rings. The zero-order valence-corrected chi connectivity index (χ0v) is 10.8. The lowest BCUT2D eigenvalue weighted by atomic mass is 10.2. The summed E-state index contributed by atoms with van der Waals surface area (Å²) in [5.41, 5.74) is 0.140. The normalized spacial score (nSPS) is 10.5. The molecular formula is C14H11N3O4. The molecule has 7 heteroatoms. The van der Waals surface area contributed by atoms with E-state index in [-0.39, 0.29) is 12.1 Å². The summed E-state index contributed by atoms with van der Waals surface area (Å²) in [6.07, 6.45) is 2.99. The fraction of sp³-hybridized carbons (Fsp3) is 0.0714. The van der Waals surface area contributed by atoms with Crippen LogP contribution in [0.5, 0.6) is 0 Å². The van der Waals surface area contributed by atoms with E-state index in [4.69, 9.17) is 8.94 Å². The number of aromatic nitrogens is 2. The predicted octanol–water partition coefficient (Wildman–Crippen LogP) is 1.55. The average Bonchev–Trinajstić information content (AvgIpc) is 3.16. The molecule has 3 aromatic rings. The molecule has 0 unspecified atom stereocenters. The van der Waals surface area contributed by atoms with Gasteiger partial charge in [-0.2, -0.15) is 0 Å². The van der Waals surface area contributed by atoms with Crippen molar-refractivity contribution in [3.63, 3.8) is 0 Å². The maximum atomic E-state index is 11.9. The van der Waals surface area contributed by atoms with Crippen LogP contribution in [-0.2, 0) is 6.54 Å². The van der Waals surface area contributed by atoms with Crippen molar-refractivity contribution in [2.75, 3.05) is 0 Å². The van der Waals surface area contributed by atoms with E-state index in [0.717, 1.165) is 0 Å². The van der Waals surface area contributed by atoms with Crippen molar-refractivity contribution in [2.24, 2.45) is 0 Å². The summed E-state index contributed by atoms with van der Waals surface area (Å²) in [6, 6.07) is 8.17. The minimum atomic E-state index is -0.473. The Balaban J connectivity index is 1.67. The number of H-pyrrole nitrogens is 1. The molecule has 0 aliphatic rings. The van der Waals surface area contributed by atoms with Crippen molar-refractivity contribution in [1.29, 1.82) is 0 Å². The Hall–Kier alpha value is -3.09. The first-order valence-electron chi connectivity index (χ1n) is 6.19. The van der Waals surface area contributed by atoms with Gasteiger partial charge in [0.25, 0.3) is 11.5 Å². The van der Waals surface area contributed by atoms with E-state index in [0.29, 0.717) is 17.2 Å². The number of carbonyl (C=O) groups excluding carboxylic acids is 1. The van der Waals surface area contributed by atoms with Crippen LogP contribution in [0.15, 0.2) is 56.5 Å². The fourth-order valence-corrected chi connectivity index (χ4v) is 1.80. The van der Waals surface area contributed by atoms with E-state index in [1.54, 1.807) is 24.3 Å². The van der Waals surface area contributed by atoms with Crippen molar-refractivity contribution in [3.8, 4) is 11.5 Å². The third-order valence-electron chi connectivity index (χ3n) is 2.82. The van der Waals surface area contributed by atoms with Gasteiger partial charge in [-0.15, -0.1) is 0 Å². The number of pyridine rings is 1. The Bertz CT molecular complexity index is 802. The monoisotopic (exact) mass is 285 g/mol. The third kappa shape index (κ3) is 2.76. The maximum Gasteiger partial charge on any atom is 0.260 e. The van der Waals surface area contributed by atoms with Gasteiger partial charge in [-0.05, 0) is 24.3 Å². The van der Waals surface area contributed by atoms with Gasteiger partial charge in [0.2, 0.25) is 5.76 Å². The maximum absolute atomic E-state index is 11.9. The first-order chi connectivity index (χ1) is 10.2. The molecule has 0 bridgehead atoms. The third-order valence-corrected chi connectivity index (χ3v) is 2.82. The van der Waals surface area contributed by atoms with Crippen LogP contribution in [0.2, 0.25) is 0 Å². The summed E-state index contributed by atoms with van der Waals surface area (Å²) in [5.74, 6) is 0.556. The molecular weight excluding hydrogens is 274 g/mol. The van der Waals surface area contributed by atoms with Gasteiger partial charge in [-0.25, -0.2) is 0 Å². The number of nitrogens with zero attached hydrogens (tertiary/aromatic N) is 1. The van der Waals surface area contributed by atoms with E-state index < -0.39 is 11.5 Å². The molecule has 3 aromatic heterocycles. The Morgan fingerprint density at radius 3 is 2.95 bits per heavy atom. The van der Waals surface area contributed by atoms with Crippen molar-refractivity contribution >= 4 is 5.91 Å². The summed E-state index contributed by atoms with van der Waals surface area (Å²) < 4.78 is 10.3. The molecule has 0 aromatic carbocycles. The topological polar surface area (TPSA) is 101 Å². The zero-order valence-electron chi connectivity index (χ0n) is 10.8. The van der Waals surface area contributed by atoms with E-state index >= 15 is 0 Å². The SMILES string of the molecule is O=C(NCc1cc(-c2ccco2)on1)c1ccc[nH]c1=O. The van der Waals surface area contributed by atoms with Crippen LogP contribution in [0, 0.1) is 0 Å². The molecule has 0 atom stereocenters. The number of hydrogen-bond acceptors (Lipinski definition) is 5.